The lowest BCUT2D eigenvalue weighted by Gasteiger charge is -2.48. The van der Waals surface area contributed by atoms with Gasteiger partial charge in [-0.2, -0.15) is 0 Å². The first-order chi connectivity index (χ1) is 15.8. The Morgan fingerprint density at radius 1 is 1.06 bits per heavy atom. The number of phenolic OH excluding ortho intramolecular Hbond substituents is 1. The van der Waals surface area contributed by atoms with Gasteiger partial charge in [-0.1, -0.05) is 6.42 Å². The standard InChI is InChI=1S/C26H36N2O5/c1-18(29)32-25-23(28-16-8-5-9-17-28)22-20(33-26(25,2)3)12-10-19(24(22)31)11-13-21(30)27-14-6-4-7-15-27/h10-13,23,25,31H,4-9,14-17H2,1-3H3/b13-11-/t23-,25+/m0/s1. The normalized spacial score (nSPS) is 25.4. The maximum atomic E-state index is 12.6. The van der Waals surface area contributed by atoms with E-state index in [0.29, 0.717) is 16.9 Å². The third-order valence-corrected chi connectivity index (χ3v) is 7.00. The van der Waals surface area contributed by atoms with E-state index in [-0.39, 0.29) is 23.7 Å². The molecule has 4 rings (SSSR count). The van der Waals surface area contributed by atoms with Crippen molar-refractivity contribution in [2.75, 3.05) is 26.2 Å². The Balaban J connectivity index is 1.70. The lowest BCUT2D eigenvalue weighted by molar-refractivity contribution is -0.170. The number of nitrogens with zero attached hydrogens (tertiary/aromatic N) is 2. The number of carbonyl (C=O) groups excluding carboxylic acids is 2. The van der Waals surface area contributed by atoms with Crippen molar-refractivity contribution in [2.45, 2.75) is 77.0 Å². The zero-order valence-corrected chi connectivity index (χ0v) is 20.0. The van der Waals surface area contributed by atoms with Crippen LogP contribution in [0.5, 0.6) is 11.5 Å². The van der Waals surface area contributed by atoms with Crippen molar-refractivity contribution in [1.82, 2.24) is 9.80 Å². The van der Waals surface area contributed by atoms with Gasteiger partial charge in [0.1, 0.15) is 17.1 Å². The third kappa shape index (κ3) is 5.03. The highest BCUT2D eigenvalue weighted by molar-refractivity contribution is 5.92. The van der Waals surface area contributed by atoms with Crippen molar-refractivity contribution in [3.8, 4) is 11.5 Å². The number of esters is 1. The Bertz CT molecular complexity index is 914. The summed E-state index contributed by atoms with van der Waals surface area (Å²) >= 11 is 0. The van der Waals surface area contributed by atoms with Crippen LogP contribution in [0, 0.1) is 0 Å². The minimum atomic E-state index is -0.755. The van der Waals surface area contributed by atoms with Gasteiger partial charge in [-0.15, -0.1) is 0 Å². The first kappa shape index (κ1) is 23.6. The van der Waals surface area contributed by atoms with Crippen molar-refractivity contribution in [2.24, 2.45) is 0 Å². The van der Waals surface area contributed by atoms with E-state index >= 15 is 0 Å². The van der Waals surface area contributed by atoms with Crippen molar-refractivity contribution < 1.29 is 24.2 Å². The van der Waals surface area contributed by atoms with Gasteiger partial charge in [-0.05, 0) is 77.2 Å². The van der Waals surface area contributed by atoms with E-state index in [0.717, 1.165) is 58.3 Å². The second-order valence-electron chi connectivity index (χ2n) is 9.91. The second-order valence-corrected chi connectivity index (χ2v) is 9.91. The fourth-order valence-corrected chi connectivity index (χ4v) is 5.33. The summed E-state index contributed by atoms with van der Waals surface area (Å²) in [5, 5.41) is 11.4. The maximum absolute atomic E-state index is 12.6. The molecular formula is C26H36N2O5. The summed E-state index contributed by atoms with van der Waals surface area (Å²) in [6.45, 7) is 8.54. The van der Waals surface area contributed by atoms with Gasteiger partial charge < -0.3 is 19.5 Å². The molecule has 3 heterocycles. The number of amides is 1. The predicted molar refractivity (Wildman–Crippen MR) is 126 cm³/mol. The van der Waals surface area contributed by atoms with E-state index < -0.39 is 11.7 Å². The summed E-state index contributed by atoms with van der Waals surface area (Å²) in [6.07, 6.45) is 9.17. The van der Waals surface area contributed by atoms with Crippen LogP contribution < -0.4 is 4.74 Å². The molecule has 2 fully saturated rings. The highest BCUT2D eigenvalue weighted by Gasteiger charge is 2.50. The third-order valence-electron chi connectivity index (χ3n) is 7.00. The molecule has 7 heteroatoms. The second kappa shape index (κ2) is 9.75. The molecule has 0 bridgehead atoms. The molecule has 1 aromatic carbocycles. The van der Waals surface area contributed by atoms with Crippen LogP contribution in [0.4, 0.5) is 0 Å². The maximum Gasteiger partial charge on any atom is 0.303 e. The summed E-state index contributed by atoms with van der Waals surface area (Å²) in [7, 11) is 0. The van der Waals surface area contributed by atoms with Gasteiger partial charge in [-0.3, -0.25) is 14.5 Å². The number of likely N-dealkylation sites (tertiary alicyclic amines) is 2. The lowest BCUT2D eigenvalue weighted by Crippen LogP contribution is -2.56. The average Bonchev–Trinajstić information content (AvgIpc) is 2.80. The molecule has 2 saturated heterocycles. The largest absolute Gasteiger partial charge is 0.507 e. The topological polar surface area (TPSA) is 79.3 Å². The average molecular weight is 457 g/mol. The molecule has 0 unspecified atom stereocenters. The minimum Gasteiger partial charge on any atom is -0.507 e. The number of fused-ring (bicyclic) bond motifs is 1. The summed E-state index contributed by atoms with van der Waals surface area (Å²) in [4.78, 5) is 28.8. The molecule has 0 radical (unpaired) electrons. The fourth-order valence-electron chi connectivity index (χ4n) is 5.33. The lowest BCUT2D eigenvalue weighted by atomic mass is 9.83. The zero-order chi connectivity index (χ0) is 23.6. The molecule has 0 saturated carbocycles. The van der Waals surface area contributed by atoms with Gasteiger partial charge in [0.05, 0.1) is 11.6 Å². The minimum absolute atomic E-state index is 0.0328. The van der Waals surface area contributed by atoms with Crippen LogP contribution in [0.15, 0.2) is 18.2 Å². The first-order valence-electron chi connectivity index (χ1n) is 12.2. The molecule has 1 amide bonds. The number of rotatable bonds is 4. The van der Waals surface area contributed by atoms with Crippen LogP contribution in [-0.2, 0) is 14.3 Å². The number of hydrogen-bond donors (Lipinski definition) is 1. The van der Waals surface area contributed by atoms with Crippen LogP contribution in [0.3, 0.4) is 0 Å². The molecular weight excluding hydrogens is 420 g/mol. The summed E-state index contributed by atoms with van der Waals surface area (Å²) in [6, 6.07) is 3.31. The van der Waals surface area contributed by atoms with Gasteiger partial charge in [0.15, 0.2) is 6.10 Å². The Kier molecular flexibility index (Phi) is 6.98. The van der Waals surface area contributed by atoms with Crippen LogP contribution in [0.1, 0.15) is 76.5 Å². The monoisotopic (exact) mass is 456 g/mol. The summed E-state index contributed by atoms with van der Waals surface area (Å²) < 4.78 is 12.1. The molecule has 1 aromatic rings. The van der Waals surface area contributed by atoms with Crippen molar-refractivity contribution in [1.29, 1.82) is 0 Å². The first-order valence-corrected chi connectivity index (χ1v) is 12.2. The molecule has 2 atom stereocenters. The van der Waals surface area contributed by atoms with Gasteiger partial charge in [0, 0.05) is 31.7 Å². The van der Waals surface area contributed by atoms with E-state index in [2.05, 4.69) is 4.90 Å². The molecule has 0 aliphatic carbocycles. The van der Waals surface area contributed by atoms with E-state index in [9.17, 15) is 14.7 Å². The van der Waals surface area contributed by atoms with Crippen LogP contribution in [0.25, 0.3) is 6.08 Å². The highest BCUT2D eigenvalue weighted by Crippen LogP contribution is 2.49. The Hall–Kier alpha value is -2.54. The molecule has 33 heavy (non-hydrogen) atoms. The molecule has 3 aliphatic rings. The molecule has 1 N–H and O–H groups in total. The highest BCUT2D eigenvalue weighted by atomic mass is 16.6. The van der Waals surface area contributed by atoms with Gasteiger partial charge in [-0.25, -0.2) is 0 Å². The van der Waals surface area contributed by atoms with Gasteiger partial charge in [0.2, 0.25) is 5.91 Å². The number of aromatic hydroxyl groups is 1. The molecule has 3 aliphatic heterocycles. The van der Waals surface area contributed by atoms with E-state index in [1.165, 1.54) is 13.3 Å². The van der Waals surface area contributed by atoms with Crippen molar-refractivity contribution in [3.63, 3.8) is 0 Å². The Labute approximate surface area is 196 Å². The molecule has 0 spiro atoms. The van der Waals surface area contributed by atoms with Crippen LogP contribution >= 0.6 is 0 Å². The number of carbonyl (C=O) groups is 2. The number of phenols is 1. The van der Waals surface area contributed by atoms with E-state index in [4.69, 9.17) is 9.47 Å². The fraction of sp³-hybridized carbons (Fsp3) is 0.615. The van der Waals surface area contributed by atoms with Crippen LogP contribution in [-0.4, -0.2) is 64.7 Å². The summed E-state index contributed by atoms with van der Waals surface area (Å²) in [5.41, 5.74) is 0.440. The van der Waals surface area contributed by atoms with Crippen molar-refractivity contribution in [3.05, 3.63) is 29.3 Å². The number of piperidine rings is 2. The van der Waals surface area contributed by atoms with Crippen molar-refractivity contribution >= 4 is 18.0 Å². The zero-order valence-electron chi connectivity index (χ0n) is 20.0. The summed E-state index contributed by atoms with van der Waals surface area (Å²) in [5.74, 6) is 0.272. The quantitative estimate of drug-likeness (QED) is 0.544. The number of ether oxygens (including phenoxy) is 2. The van der Waals surface area contributed by atoms with Crippen LogP contribution in [0.2, 0.25) is 0 Å². The molecule has 180 valence electrons. The number of hydrogen-bond acceptors (Lipinski definition) is 6. The Morgan fingerprint density at radius 3 is 2.33 bits per heavy atom. The molecule has 0 aromatic heterocycles. The smallest absolute Gasteiger partial charge is 0.303 e. The van der Waals surface area contributed by atoms with Gasteiger partial charge in [0.25, 0.3) is 0 Å². The number of benzene rings is 1. The van der Waals surface area contributed by atoms with E-state index in [1.54, 1.807) is 18.2 Å². The Morgan fingerprint density at radius 2 is 1.70 bits per heavy atom. The predicted octanol–water partition coefficient (Wildman–Crippen LogP) is 4.05. The van der Waals surface area contributed by atoms with E-state index in [1.807, 2.05) is 24.8 Å². The molecule has 7 nitrogen and oxygen atoms in total. The van der Waals surface area contributed by atoms with Gasteiger partial charge >= 0.3 is 5.97 Å². The SMILES string of the molecule is CC(=O)O[C@@H]1[C@@H](N2CCCCC2)c2c(ccc(/C=C\C(=O)N3CCCCC3)c2O)OC1(C)C.